The van der Waals surface area contributed by atoms with Gasteiger partial charge in [0.2, 0.25) is 0 Å². The maximum Gasteiger partial charge on any atom is 0.586 e. The Morgan fingerprint density at radius 3 is 2.79 bits per heavy atom. The van der Waals surface area contributed by atoms with Crippen LogP contribution in [0.3, 0.4) is 0 Å². The minimum absolute atomic E-state index is 0.00286. The van der Waals surface area contributed by atoms with Gasteiger partial charge in [-0.2, -0.15) is 0 Å². The Morgan fingerprint density at radius 2 is 1.96 bits per heavy atom. The van der Waals surface area contributed by atoms with Crippen LogP contribution in [0.5, 0.6) is 11.5 Å². The third kappa shape index (κ3) is 4.32. The van der Waals surface area contributed by atoms with E-state index < -0.39 is 11.9 Å². The average Bonchev–Trinajstić information content (AvgIpc) is 2.93. The van der Waals surface area contributed by atoms with E-state index in [1.54, 1.807) is 18.2 Å². The van der Waals surface area contributed by atoms with Crippen molar-refractivity contribution in [2.75, 3.05) is 5.32 Å². The molecule has 0 radical (unpaired) electrons. The van der Waals surface area contributed by atoms with Crippen LogP contribution in [0.25, 0.3) is 0 Å². The minimum Gasteiger partial charge on any atom is -0.395 e. The molecular weight excluding hydrogens is 388 g/mol. The lowest BCUT2D eigenvalue weighted by Crippen LogP contribution is -2.39. The third-order valence-corrected chi connectivity index (χ3v) is 5.00. The molecule has 2 N–H and O–H groups in total. The van der Waals surface area contributed by atoms with Crippen molar-refractivity contribution >= 4 is 17.3 Å². The Labute approximate surface area is 166 Å². The Hall–Kier alpha value is -2.49. The van der Waals surface area contributed by atoms with E-state index in [0.717, 1.165) is 18.4 Å². The van der Waals surface area contributed by atoms with Gasteiger partial charge in [-0.1, -0.05) is 29.5 Å². The summed E-state index contributed by atoms with van der Waals surface area (Å²) in [6, 6.07) is 11.7. The molecular formula is C21H18ClF2NO3. The predicted octanol–water partition coefficient (Wildman–Crippen LogP) is 4.80. The van der Waals surface area contributed by atoms with Crippen LogP contribution >= 0.6 is 11.6 Å². The lowest BCUT2D eigenvalue weighted by atomic mass is 9.82. The highest BCUT2D eigenvalue weighted by Gasteiger charge is 2.43. The van der Waals surface area contributed by atoms with Crippen molar-refractivity contribution in [2.24, 2.45) is 0 Å². The Kier molecular flexibility index (Phi) is 4.82. The monoisotopic (exact) mass is 405 g/mol. The van der Waals surface area contributed by atoms with Crippen LogP contribution in [0.15, 0.2) is 42.5 Å². The molecule has 2 aliphatic rings. The molecule has 0 saturated heterocycles. The van der Waals surface area contributed by atoms with Crippen molar-refractivity contribution in [3.63, 3.8) is 0 Å². The van der Waals surface area contributed by atoms with Crippen molar-refractivity contribution in [3.05, 3.63) is 53.1 Å². The maximum atomic E-state index is 13.2. The van der Waals surface area contributed by atoms with Gasteiger partial charge in [-0.3, -0.25) is 0 Å². The van der Waals surface area contributed by atoms with E-state index in [9.17, 15) is 13.9 Å². The first-order valence-corrected chi connectivity index (χ1v) is 9.36. The van der Waals surface area contributed by atoms with E-state index in [1.165, 1.54) is 12.1 Å². The maximum absolute atomic E-state index is 13.2. The average molecular weight is 406 g/mol. The van der Waals surface area contributed by atoms with Crippen LogP contribution < -0.4 is 14.8 Å². The first-order valence-electron chi connectivity index (χ1n) is 8.98. The summed E-state index contributed by atoms with van der Waals surface area (Å²) < 4.78 is 35.2. The van der Waals surface area contributed by atoms with Crippen LogP contribution in [-0.4, -0.2) is 23.0 Å². The lowest BCUT2D eigenvalue weighted by molar-refractivity contribution is -0.286. The van der Waals surface area contributed by atoms with Crippen LogP contribution in [-0.2, 0) is 0 Å². The number of hydrogen-bond donors (Lipinski definition) is 2. The largest absolute Gasteiger partial charge is 0.586 e. The number of ether oxygens (including phenoxy) is 2. The molecule has 1 heterocycles. The molecule has 0 unspecified atom stereocenters. The summed E-state index contributed by atoms with van der Waals surface area (Å²) in [5.41, 5.74) is 0.242. The van der Waals surface area contributed by atoms with Gasteiger partial charge in [-0.05, 0) is 49.6 Å². The molecule has 4 rings (SSSR count). The summed E-state index contributed by atoms with van der Waals surface area (Å²) in [6.07, 6.45) is -1.01. The number of nitrogens with one attached hydrogen (secondary N) is 1. The zero-order valence-corrected chi connectivity index (χ0v) is 15.6. The van der Waals surface area contributed by atoms with Gasteiger partial charge in [0, 0.05) is 34.8 Å². The number of aliphatic hydroxyl groups is 1. The molecule has 7 heteroatoms. The number of fused-ring (bicyclic) bond motifs is 1. The third-order valence-electron chi connectivity index (χ3n) is 4.76. The minimum atomic E-state index is -3.64. The number of rotatable bonds is 2. The van der Waals surface area contributed by atoms with Gasteiger partial charge in [-0.15, -0.1) is 8.78 Å². The number of alkyl halides is 2. The van der Waals surface area contributed by atoms with E-state index >= 15 is 0 Å². The molecule has 146 valence electrons. The van der Waals surface area contributed by atoms with Crippen molar-refractivity contribution in [1.29, 1.82) is 0 Å². The van der Waals surface area contributed by atoms with Crippen LogP contribution in [0.1, 0.15) is 31.2 Å². The highest BCUT2D eigenvalue weighted by Crippen LogP contribution is 2.42. The molecule has 2 aromatic carbocycles. The van der Waals surface area contributed by atoms with E-state index in [0.29, 0.717) is 23.6 Å². The second-order valence-electron chi connectivity index (χ2n) is 7.06. The smallest absolute Gasteiger partial charge is 0.395 e. The number of benzene rings is 2. The molecule has 28 heavy (non-hydrogen) atoms. The summed E-state index contributed by atoms with van der Waals surface area (Å²) in [4.78, 5) is 0. The zero-order valence-electron chi connectivity index (χ0n) is 14.8. The van der Waals surface area contributed by atoms with E-state index in [-0.39, 0.29) is 17.5 Å². The summed E-state index contributed by atoms with van der Waals surface area (Å²) in [5, 5.41) is 14.7. The first-order chi connectivity index (χ1) is 13.3. The second-order valence-corrected chi connectivity index (χ2v) is 7.49. The van der Waals surface area contributed by atoms with E-state index in [1.807, 2.05) is 12.1 Å². The number of halogens is 3. The Morgan fingerprint density at radius 1 is 1.14 bits per heavy atom. The zero-order chi connectivity index (χ0) is 19.8. The molecule has 0 amide bonds. The van der Waals surface area contributed by atoms with Crippen molar-refractivity contribution in [1.82, 2.24) is 0 Å². The van der Waals surface area contributed by atoms with Crippen molar-refractivity contribution < 1.29 is 23.4 Å². The van der Waals surface area contributed by atoms with Gasteiger partial charge in [0.1, 0.15) is 5.60 Å². The molecule has 4 nitrogen and oxygen atoms in total. The van der Waals surface area contributed by atoms with Gasteiger partial charge < -0.3 is 19.9 Å². The fourth-order valence-corrected chi connectivity index (χ4v) is 3.71. The Balaban J connectivity index is 1.45. The standard InChI is InChI=1S/C21H18ClF2NO3/c22-15-4-1-3-14(11-15)8-10-20(26)9-2-5-17(13-20)25-16-6-7-18-19(12-16)28-21(23,24)27-18/h1,3-4,6-7,11-12,17,25-26H,2,5,9,13H2/t17-,20+/m1/s1. The first kappa shape index (κ1) is 18.9. The van der Waals surface area contributed by atoms with Gasteiger partial charge in [0.25, 0.3) is 0 Å². The summed E-state index contributed by atoms with van der Waals surface area (Å²) in [5.74, 6) is 5.95. The van der Waals surface area contributed by atoms with Crippen molar-refractivity contribution in [3.8, 4) is 23.3 Å². The molecule has 0 aromatic heterocycles. The molecule has 1 aliphatic carbocycles. The topological polar surface area (TPSA) is 50.7 Å². The summed E-state index contributed by atoms with van der Waals surface area (Å²) in [6.45, 7) is 0. The number of anilines is 1. The predicted molar refractivity (Wildman–Crippen MR) is 102 cm³/mol. The number of hydrogen-bond acceptors (Lipinski definition) is 4. The highest BCUT2D eigenvalue weighted by atomic mass is 35.5. The fraction of sp³-hybridized carbons (Fsp3) is 0.333. The van der Waals surface area contributed by atoms with Gasteiger partial charge in [0.15, 0.2) is 11.5 Å². The van der Waals surface area contributed by atoms with Crippen molar-refractivity contribution in [2.45, 2.75) is 43.6 Å². The molecule has 0 spiro atoms. The van der Waals surface area contributed by atoms with Crippen LogP contribution in [0, 0.1) is 11.8 Å². The molecule has 1 aliphatic heterocycles. The van der Waals surface area contributed by atoms with E-state index in [4.69, 9.17) is 11.6 Å². The SMILES string of the molecule is O[C@]1(C#Cc2cccc(Cl)c2)CCC[C@@H](Nc2ccc3c(c2)OC(F)(F)O3)C1. The Bertz CT molecular complexity index is 956. The molecule has 2 aromatic rings. The molecule has 0 bridgehead atoms. The van der Waals surface area contributed by atoms with Crippen LogP contribution in [0.2, 0.25) is 5.02 Å². The molecule has 2 atom stereocenters. The van der Waals surface area contributed by atoms with Gasteiger partial charge in [-0.25, -0.2) is 0 Å². The highest BCUT2D eigenvalue weighted by molar-refractivity contribution is 6.30. The summed E-state index contributed by atoms with van der Waals surface area (Å²) in [7, 11) is 0. The van der Waals surface area contributed by atoms with Gasteiger partial charge in [0.05, 0.1) is 0 Å². The van der Waals surface area contributed by atoms with Crippen LogP contribution in [0.4, 0.5) is 14.5 Å². The molecule has 1 saturated carbocycles. The molecule has 1 fully saturated rings. The van der Waals surface area contributed by atoms with E-state index in [2.05, 4.69) is 26.6 Å². The van der Waals surface area contributed by atoms with Gasteiger partial charge >= 0.3 is 6.29 Å². The second kappa shape index (κ2) is 7.16. The quantitative estimate of drug-likeness (QED) is 0.705. The normalized spacial score (nSPS) is 24.9. The fourth-order valence-electron chi connectivity index (χ4n) is 3.52. The lowest BCUT2D eigenvalue weighted by Gasteiger charge is -2.34. The summed E-state index contributed by atoms with van der Waals surface area (Å²) >= 11 is 5.97.